The van der Waals surface area contributed by atoms with E-state index < -0.39 is 0 Å². The number of carbonyl (C=O) groups excluding carboxylic acids is 2. The number of furan rings is 1. The molecule has 86 valence electrons. The number of aryl methyl sites for hydroxylation is 1. The number of hydrogen-bond donors (Lipinski definition) is 1. The Hall–Kier alpha value is -2.36. The molecule has 17 heavy (non-hydrogen) atoms. The van der Waals surface area contributed by atoms with Crippen LogP contribution < -0.4 is 5.32 Å². The second kappa shape index (κ2) is 4.65. The summed E-state index contributed by atoms with van der Waals surface area (Å²) in [6.45, 7) is 1.77. The second-order valence-electron chi connectivity index (χ2n) is 3.64. The minimum atomic E-state index is -0.235. The van der Waals surface area contributed by atoms with Crippen LogP contribution in [0.2, 0.25) is 0 Å². The van der Waals surface area contributed by atoms with Crippen LogP contribution in [0.15, 0.2) is 41.0 Å². The van der Waals surface area contributed by atoms with Crippen molar-refractivity contribution >= 4 is 17.9 Å². The fourth-order valence-electron chi connectivity index (χ4n) is 1.41. The number of carbonyl (C=O) groups is 2. The molecule has 0 aliphatic rings. The highest BCUT2D eigenvalue weighted by molar-refractivity contribution is 6.04. The first-order chi connectivity index (χ1) is 8.19. The monoisotopic (exact) mass is 229 g/mol. The lowest BCUT2D eigenvalue weighted by atomic mass is 10.2. The summed E-state index contributed by atoms with van der Waals surface area (Å²) in [7, 11) is 0. The maximum atomic E-state index is 11.7. The highest BCUT2D eigenvalue weighted by Crippen LogP contribution is 2.12. The predicted octanol–water partition coefficient (Wildman–Crippen LogP) is 2.65. The third-order valence-corrected chi connectivity index (χ3v) is 2.30. The summed E-state index contributed by atoms with van der Waals surface area (Å²) in [6.07, 6.45) is 2.16. The van der Waals surface area contributed by atoms with Crippen molar-refractivity contribution in [1.29, 1.82) is 0 Å². The average Bonchev–Trinajstić information content (AvgIpc) is 2.77. The zero-order valence-electron chi connectivity index (χ0n) is 9.27. The highest BCUT2D eigenvalue weighted by atomic mass is 16.3. The Morgan fingerprint density at radius 2 is 2.00 bits per heavy atom. The van der Waals surface area contributed by atoms with Crippen molar-refractivity contribution in [3.8, 4) is 0 Å². The maximum absolute atomic E-state index is 11.7. The molecule has 4 heteroatoms. The first-order valence-electron chi connectivity index (χ1n) is 5.11. The van der Waals surface area contributed by atoms with Gasteiger partial charge >= 0.3 is 0 Å². The van der Waals surface area contributed by atoms with Gasteiger partial charge in [-0.2, -0.15) is 0 Å². The van der Waals surface area contributed by atoms with Crippen LogP contribution in [0, 0.1) is 6.92 Å². The van der Waals surface area contributed by atoms with Crippen LogP contribution in [0.1, 0.15) is 26.5 Å². The maximum Gasteiger partial charge on any atom is 0.258 e. The Bertz CT molecular complexity index is 540. The molecule has 4 nitrogen and oxygen atoms in total. The molecule has 1 N–H and O–H groups in total. The molecule has 1 aromatic carbocycles. The van der Waals surface area contributed by atoms with E-state index in [2.05, 4.69) is 5.32 Å². The lowest BCUT2D eigenvalue weighted by Crippen LogP contribution is -2.10. The Morgan fingerprint density at radius 1 is 1.29 bits per heavy atom. The second-order valence-corrected chi connectivity index (χ2v) is 3.64. The number of amides is 1. The van der Waals surface area contributed by atoms with Crippen molar-refractivity contribution in [3.05, 3.63) is 53.5 Å². The van der Waals surface area contributed by atoms with Crippen LogP contribution in [-0.2, 0) is 0 Å². The van der Waals surface area contributed by atoms with Gasteiger partial charge in [-0.15, -0.1) is 0 Å². The number of aldehydes is 1. The van der Waals surface area contributed by atoms with Crippen molar-refractivity contribution in [1.82, 2.24) is 0 Å². The van der Waals surface area contributed by atoms with Gasteiger partial charge in [-0.3, -0.25) is 9.59 Å². The zero-order chi connectivity index (χ0) is 12.3. The summed E-state index contributed by atoms with van der Waals surface area (Å²) in [6, 6.07) is 8.30. The zero-order valence-corrected chi connectivity index (χ0v) is 9.27. The molecule has 0 aliphatic carbocycles. The van der Waals surface area contributed by atoms with Gasteiger partial charge in [-0.25, -0.2) is 0 Å². The summed E-state index contributed by atoms with van der Waals surface area (Å²) in [4.78, 5) is 22.2. The molecule has 0 radical (unpaired) electrons. The van der Waals surface area contributed by atoms with E-state index in [4.69, 9.17) is 4.42 Å². The number of anilines is 1. The third-order valence-electron chi connectivity index (χ3n) is 2.30. The van der Waals surface area contributed by atoms with Crippen LogP contribution in [-0.4, -0.2) is 12.2 Å². The van der Waals surface area contributed by atoms with Crippen molar-refractivity contribution < 1.29 is 14.0 Å². The van der Waals surface area contributed by atoms with Crippen molar-refractivity contribution in [2.24, 2.45) is 0 Å². The molecular weight excluding hydrogens is 218 g/mol. The Kier molecular flexibility index (Phi) is 3.05. The molecule has 0 fully saturated rings. The van der Waals surface area contributed by atoms with Gasteiger partial charge in [-0.1, -0.05) is 0 Å². The van der Waals surface area contributed by atoms with Gasteiger partial charge in [0.2, 0.25) is 0 Å². The number of benzene rings is 1. The van der Waals surface area contributed by atoms with Gasteiger partial charge in [-0.05, 0) is 37.3 Å². The lowest BCUT2D eigenvalue weighted by Gasteiger charge is -2.02. The smallest absolute Gasteiger partial charge is 0.258 e. The van der Waals surface area contributed by atoms with Crippen LogP contribution in [0.3, 0.4) is 0 Å². The Balaban J connectivity index is 2.10. The molecule has 1 heterocycles. The van der Waals surface area contributed by atoms with Crippen molar-refractivity contribution in [2.75, 3.05) is 5.32 Å². The topological polar surface area (TPSA) is 59.3 Å². The lowest BCUT2D eigenvalue weighted by molar-refractivity contribution is 0.102. The summed E-state index contributed by atoms with van der Waals surface area (Å²) in [5, 5.41) is 2.71. The highest BCUT2D eigenvalue weighted by Gasteiger charge is 2.08. The van der Waals surface area contributed by atoms with E-state index in [0.717, 1.165) is 6.29 Å². The van der Waals surface area contributed by atoms with Gasteiger partial charge < -0.3 is 9.73 Å². The minimum Gasteiger partial charge on any atom is -0.469 e. The number of nitrogens with one attached hydrogen (secondary N) is 1. The first-order valence-corrected chi connectivity index (χ1v) is 5.11. The molecule has 0 atom stereocenters. The van der Waals surface area contributed by atoms with Gasteiger partial charge in [0.25, 0.3) is 5.91 Å². The van der Waals surface area contributed by atoms with E-state index in [9.17, 15) is 9.59 Å². The van der Waals surface area contributed by atoms with Crippen LogP contribution in [0.4, 0.5) is 5.69 Å². The van der Waals surface area contributed by atoms with Crippen LogP contribution in [0.5, 0.6) is 0 Å². The summed E-state index contributed by atoms with van der Waals surface area (Å²) >= 11 is 0. The largest absolute Gasteiger partial charge is 0.469 e. The molecule has 2 aromatic rings. The molecule has 0 bridgehead atoms. The predicted molar refractivity (Wildman–Crippen MR) is 63.2 cm³/mol. The fraction of sp³-hybridized carbons (Fsp3) is 0.0769. The van der Waals surface area contributed by atoms with E-state index >= 15 is 0 Å². The Morgan fingerprint density at radius 3 is 2.53 bits per heavy atom. The van der Waals surface area contributed by atoms with Crippen molar-refractivity contribution in [3.63, 3.8) is 0 Å². The van der Waals surface area contributed by atoms with Gasteiger partial charge in [0.05, 0.1) is 5.56 Å². The first kappa shape index (κ1) is 11.1. The van der Waals surface area contributed by atoms with E-state index in [1.54, 1.807) is 37.3 Å². The summed E-state index contributed by atoms with van der Waals surface area (Å²) in [5.74, 6) is 0.451. The molecular formula is C13H11NO3. The van der Waals surface area contributed by atoms with E-state index in [-0.39, 0.29) is 5.91 Å². The molecule has 0 saturated carbocycles. The van der Waals surface area contributed by atoms with Gasteiger partial charge in [0.15, 0.2) is 0 Å². The molecule has 0 spiro atoms. The molecule has 2 rings (SSSR count). The molecule has 0 saturated heterocycles. The van der Waals surface area contributed by atoms with Crippen LogP contribution in [0.25, 0.3) is 0 Å². The molecule has 1 aromatic heterocycles. The van der Waals surface area contributed by atoms with Crippen molar-refractivity contribution in [2.45, 2.75) is 6.92 Å². The van der Waals surface area contributed by atoms with Crippen LogP contribution >= 0.6 is 0 Å². The SMILES string of the molecule is Cc1cc(C(=O)Nc2ccc(C=O)cc2)co1. The standard InChI is InChI=1S/C13H11NO3/c1-9-6-11(8-17-9)13(16)14-12-4-2-10(7-15)3-5-12/h2-8H,1H3,(H,14,16). The minimum absolute atomic E-state index is 0.235. The van der Waals surface area contributed by atoms with Gasteiger partial charge in [0, 0.05) is 11.3 Å². The molecule has 1 amide bonds. The fourth-order valence-corrected chi connectivity index (χ4v) is 1.41. The van der Waals surface area contributed by atoms with E-state index in [0.29, 0.717) is 22.6 Å². The molecule has 0 unspecified atom stereocenters. The van der Waals surface area contributed by atoms with E-state index in [1.807, 2.05) is 0 Å². The normalized spacial score (nSPS) is 9.94. The van der Waals surface area contributed by atoms with Gasteiger partial charge in [0.1, 0.15) is 18.3 Å². The van der Waals surface area contributed by atoms with E-state index in [1.165, 1.54) is 6.26 Å². The quantitative estimate of drug-likeness (QED) is 0.823. The average molecular weight is 229 g/mol. The third kappa shape index (κ3) is 2.60. The summed E-state index contributed by atoms with van der Waals surface area (Å²) < 4.78 is 5.05. The Labute approximate surface area is 98.3 Å². The number of rotatable bonds is 3. The number of hydrogen-bond acceptors (Lipinski definition) is 3. The molecule has 0 aliphatic heterocycles. The summed E-state index contributed by atoms with van der Waals surface area (Å²) in [5.41, 5.74) is 1.68.